The van der Waals surface area contributed by atoms with Crippen LogP contribution in [0.25, 0.3) is 22.8 Å². The van der Waals surface area contributed by atoms with Gasteiger partial charge in [0.05, 0.1) is 31.5 Å². The molecule has 0 saturated carbocycles. The Morgan fingerprint density at radius 3 is 2.33 bits per heavy atom. The van der Waals surface area contributed by atoms with Gasteiger partial charge in [-0.3, -0.25) is 4.79 Å². The Morgan fingerprint density at radius 2 is 1.64 bits per heavy atom. The SMILES string of the molecule is COc1ccc(-c2cnc(-c3ccccc3C(=O)Nc3c(C)cc(C)cc3C)o2)c(OC)c1. The minimum Gasteiger partial charge on any atom is -0.497 e. The highest BCUT2D eigenvalue weighted by Gasteiger charge is 2.19. The maximum Gasteiger partial charge on any atom is 0.256 e. The summed E-state index contributed by atoms with van der Waals surface area (Å²) in [5.74, 6) is 1.95. The van der Waals surface area contributed by atoms with Gasteiger partial charge in [0.2, 0.25) is 5.89 Å². The van der Waals surface area contributed by atoms with E-state index < -0.39 is 0 Å². The third-order valence-electron chi connectivity index (χ3n) is 5.50. The van der Waals surface area contributed by atoms with E-state index in [0.717, 1.165) is 27.9 Å². The summed E-state index contributed by atoms with van der Waals surface area (Å²) < 4.78 is 16.8. The Kier molecular flexibility index (Phi) is 6.18. The highest BCUT2D eigenvalue weighted by atomic mass is 16.5. The third-order valence-corrected chi connectivity index (χ3v) is 5.50. The molecule has 1 amide bonds. The van der Waals surface area contributed by atoms with E-state index >= 15 is 0 Å². The minimum absolute atomic E-state index is 0.220. The number of aryl methyl sites for hydroxylation is 3. The summed E-state index contributed by atoms with van der Waals surface area (Å²) in [5.41, 5.74) is 5.83. The van der Waals surface area contributed by atoms with Crippen LogP contribution in [0.4, 0.5) is 5.69 Å². The Labute approximate surface area is 193 Å². The number of rotatable bonds is 6. The summed E-state index contributed by atoms with van der Waals surface area (Å²) in [6.45, 7) is 6.02. The van der Waals surface area contributed by atoms with Crippen LogP contribution in [0.3, 0.4) is 0 Å². The number of carbonyl (C=O) groups is 1. The van der Waals surface area contributed by atoms with E-state index in [-0.39, 0.29) is 5.91 Å². The van der Waals surface area contributed by atoms with Gasteiger partial charge >= 0.3 is 0 Å². The lowest BCUT2D eigenvalue weighted by atomic mass is 10.0. The quantitative estimate of drug-likeness (QED) is 0.385. The Balaban J connectivity index is 1.68. The van der Waals surface area contributed by atoms with Crippen LogP contribution in [0.15, 0.2) is 65.2 Å². The van der Waals surface area contributed by atoms with Crippen molar-refractivity contribution in [2.45, 2.75) is 20.8 Å². The number of hydrogen-bond donors (Lipinski definition) is 1. The minimum atomic E-state index is -0.220. The molecule has 0 atom stereocenters. The van der Waals surface area contributed by atoms with Gasteiger partial charge < -0.3 is 19.2 Å². The molecule has 0 bridgehead atoms. The van der Waals surface area contributed by atoms with Crippen molar-refractivity contribution in [2.24, 2.45) is 0 Å². The molecule has 168 valence electrons. The summed E-state index contributed by atoms with van der Waals surface area (Å²) in [6.07, 6.45) is 1.63. The van der Waals surface area contributed by atoms with Gasteiger partial charge in [-0.1, -0.05) is 29.8 Å². The zero-order valence-corrected chi connectivity index (χ0v) is 19.4. The molecule has 0 aliphatic carbocycles. The lowest BCUT2D eigenvalue weighted by molar-refractivity contribution is 0.102. The number of nitrogens with zero attached hydrogens (tertiary/aromatic N) is 1. The summed E-state index contributed by atoms with van der Waals surface area (Å²) in [5, 5.41) is 3.06. The molecule has 1 heterocycles. The Hall–Kier alpha value is -4.06. The normalized spacial score (nSPS) is 10.7. The topological polar surface area (TPSA) is 73.6 Å². The molecule has 6 heteroatoms. The van der Waals surface area contributed by atoms with Crippen molar-refractivity contribution in [1.82, 2.24) is 4.98 Å². The molecular weight excluding hydrogens is 416 g/mol. The molecule has 1 aromatic heterocycles. The molecular formula is C27H26N2O4. The van der Waals surface area contributed by atoms with Crippen LogP contribution >= 0.6 is 0 Å². The largest absolute Gasteiger partial charge is 0.497 e. The lowest BCUT2D eigenvalue weighted by Gasteiger charge is -2.14. The van der Waals surface area contributed by atoms with E-state index in [0.29, 0.717) is 34.3 Å². The smallest absolute Gasteiger partial charge is 0.256 e. The summed E-state index contributed by atoms with van der Waals surface area (Å²) in [7, 11) is 3.19. The second-order valence-electron chi connectivity index (χ2n) is 7.87. The van der Waals surface area contributed by atoms with E-state index in [4.69, 9.17) is 13.9 Å². The van der Waals surface area contributed by atoms with Gasteiger partial charge in [-0.2, -0.15) is 0 Å². The van der Waals surface area contributed by atoms with Crippen LogP contribution in [0.2, 0.25) is 0 Å². The molecule has 0 fully saturated rings. The highest BCUT2D eigenvalue weighted by Crippen LogP contribution is 2.36. The maximum atomic E-state index is 13.2. The van der Waals surface area contributed by atoms with Crippen LogP contribution in [0.1, 0.15) is 27.0 Å². The number of amides is 1. The highest BCUT2D eigenvalue weighted by molar-refractivity contribution is 6.08. The second-order valence-corrected chi connectivity index (χ2v) is 7.87. The van der Waals surface area contributed by atoms with Crippen molar-refractivity contribution >= 4 is 11.6 Å². The third kappa shape index (κ3) is 4.46. The number of carbonyl (C=O) groups excluding carboxylic acids is 1. The number of aromatic nitrogens is 1. The average Bonchev–Trinajstić information content (AvgIpc) is 3.30. The van der Waals surface area contributed by atoms with Crippen molar-refractivity contribution in [3.63, 3.8) is 0 Å². The van der Waals surface area contributed by atoms with Crippen LogP contribution < -0.4 is 14.8 Å². The summed E-state index contributed by atoms with van der Waals surface area (Å²) in [4.78, 5) is 17.7. The monoisotopic (exact) mass is 442 g/mol. The summed E-state index contributed by atoms with van der Waals surface area (Å²) in [6, 6.07) is 16.8. The number of anilines is 1. The van der Waals surface area contributed by atoms with Crippen LogP contribution in [-0.4, -0.2) is 25.1 Å². The van der Waals surface area contributed by atoms with E-state index in [1.54, 1.807) is 32.5 Å². The maximum absolute atomic E-state index is 13.2. The van der Waals surface area contributed by atoms with Crippen molar-refractivity contribution in [2.75, 3.05) is 19.5 Å². The fraction of sp³-hybridized carbons (Fsp3) is 0.185. The van der Waals surface area contributed by atoms with E-state index in [1.807, 2.05) is 51.1 Å². The number of methoxy groups -OCH3 is 2. The Morgan fingerprint density at radius 1 is 0.909 bits per heavy atom. The predicted octanol–water partition coefficient (Wildman–Crippen LogP) is 6.20. The molecule has 1 N–H and O–H groups in total. The van der Waals surface area contributed by atoms with Gasteiger partial charge in [0.1, 0.15) is 11.5 Å². The molecule has 3 aromatic carbocycles. The van der Waals surface area contributed by atoms with Crippen molar-refractivity contribution in [1.29, 1.82) is 0 Å². The number of hydrogen-bond acceptors (Lipinski definition) is 5. The van der Waals surface area contributed by atoms with Crippen LogP contribution in [0.5, 0.6) is 11.5 Å². The van der Waals surface area contributed by atoms with Crippen molar-refractivity contribution < 1.29 is 18.7 Å². The van der Waals surface area contributed by atoms with Gasteiger partial charge in [0.15, 0.2) is 5.76 Å². The fourth-order valence-electron chi connectivity index (χ4n) is 3.95. The number of oxazole rings is 1. The zero-order chi connectivity index (χ0) is 23.5. The average molecular weight is 443 g/mol. The van der Waals surface area contributed by atoms with Gasteiger partial charge in [0.25, 0.3) is 5.91 Å². The lowest BCUT2D eigenvalue weighted by Crippen LogP contribution is -2.15. The van der Waals surface area contributed by atoms with Crippen LogP contribution in [-0.2, 0) is 0 Å². The molecule has 0 radical (unpaired) electrons. The number of nitrogens with one attached hydrogen (secondary N) is 1. The molecule has 0 aliphatic rings. The summed E-state index contributed by atoms with van der Waals surface area (Å²) >= 11 is 0. The first-order valence-electron chi connectivity index (χ1n) is 10.6. The second kappa shape index (κ2) is 9.20. The molecule has 33 heavy (non-hydrogen) atoms. The van der Waals surface area contributed by atoms with E-state index in [1.165, 1.54) is 0 Å². The van der Waals surface area contributed by atoms with Gasteiger partial charge in [-0.15, -0.1) is 0 Å². The van der Waals surface area contributed by atoms with Crippen LogP contribution in [0, 0.1) is 20.8 Å². The first kappa shape index (κ1) is 22.1. The molecule has 0 saturated heterocycles. The van der Waals surface area contributed by atoms with E-state index in [9.17, 15) is 4.79 Å². The molecule has 0 spiro atoms. The van der Waals surface area contributed by atoms with E-state index in [2.05, 4.69) is 22.4 Å². The van der Waals surface area contributed by atoms with Gasteiger partial charge in [-0.05, 0) is 56.2 Å². The van der Waals surface area contributed by atoms with Gasteiger partial charge in [0, 0.05) is 17.3 Å². The molecule has 4 rings (SSSR count). The van der Waals surface area contributed by atoms with Gasteiger partial charge in [-0.25, -0.2) is 4.98 Å². The molecule has 6 nitrogen and oxygen atoms in total. The first-order chi connectivity index (χ1) is 15.9. The standard InChI is InChI=1S/C27H26N2O4/c1-16-12-17(2)25(18(3)13-16)29-26(30)20-8-6-7-9-21(20)27-28-15-24(33-27)22-11-10-19(31-4)14-23(22)32-5/h6-15H,1-5H3,(H,29,30). The number of ether oxygens (including phenoxy) is 2. The molecule has 4 aromatic rings. The molecule has 0 aliphatic heterocycles. The predicted molar refractivity (Wildman–Crippen MR) is 129 cm³/mol. The molecule has 0 unspecified atom stereocenters. The first-order valence-corrected chi connectivity index (χ1v) is 10.6. The Bertz CT molecular complexity index is 1300. The van der Waals surface area contributed by atoms with Crippen molar-refractivity contribution in [3.8, 4) is 34.3 Å². The zero-order valence-electron chi connectivity index (χ0n) is 19.4. The number of benzene rings is 3. The fourth-order valence-corrected chi connectivity index (χ4v) is 3.95. The van der Waals surface area contributed by atoms with Crippen molar-refractivity contribution in [3.05, 3.63) is 83.0 Å².